The molecule has 0 amide bonds. The largest absolute Gasteiger partial charge is 0.478 e. The van der Waals surface area contributed by atoms with Crippen LogP contribution in [0, 0.1) is 13.8 Å². The van der Waals surface area contributed by atoms with Crippen molar-refractivity contribution in [1.82, 2.24) is 0 Å². The molecule has 0 unspecified atom stereocenters. The van der Waals surface area contributed by atoms with E-state index in [4.69, 9.17) is 5.11 Å². The van der Waals surface area contributed by atoms with E-state index < -0.39 is 5.97 Å². The van der Waals surface area contributed by atoms with Crippen LogP contribution in [0.1, 0.15) is 42.9 Å². The van der Waals surface area contributed by atoms with Crippen LogP contribution in [0.2, 0.25) is 0 Å². The normalized spacial score (nSPS) is 11.6. The maximum Gasteiger partial charge on any atom is 0.328 e. The Labute approximate surface area is 103 Å². The molecule has 0 fully saturated rings. The van der Waals surface area contributed by atoms with Crippen LogP contribution < -0.4 is 0 Å². The Morgan fingerprint density at radius 2 is 2.06 bits per heavy atom. The third kappa shape index (κ3) is 4.06. The van der Waals surface area contributed by atoms with E-state index in [2.05, 4.69) is 13.0 Å². The smallest absolute Gasteiger partial charge is 0.328 e. The minimum Gasteiger partial charge on any atom is -0.478 e. The van der Waals surface area contributed by atoms with Crippen molar-refractivity contribution >= 4 is 11.5 Å². The molecule has 1 N–H and O–H groups in total. The molecule has 0 atom stereocenters. The standard InChI is InChI=1S/C15H20O2/c1-4-5-6-13(10-15(16)17)14-8-7-11(2)9-12(14)3/h7-10H,4-6H2,1-3H3,(H,16,17)/b13-10+. The van der Waals surface area contributed by atoms with Crippen LogP contribution in [0.5, 0.6) is 0 Å². The zero-order chi connectivity index (χ0) is 12.8. The molecule has 0 aliphatic heterocycles. The highest BCUT2D eigenvalue weighted by Crippen LogP contribution is 2.24. The molecule has 2 nitrogen and oxygen atoms in total. The van der Waals surface area contributed by atoms with Crippen molar-refractivity contribution in [3.63, 3.8) is 0 Å². The van der Waals surface area contributed by atoms with Gasteiger partial charge in [-0.15, -0.1) is 0 Å². The van der Waals surface area contributed by atoms with E-state index in [1.165, 1.54) is 11.6 Å². The van der Waals surface area contributed by atoms with E-state index in [1.807, 2.05) is 26.0 Å². The van der Waals surface area contributed by atoms with Crippen molar-refractivity contribution in [2.24, 2.45) is 0 Å². The van der Waals surface area contributed by atoms with Gasteiger partial charge in [-0.25, -0.2) is 4.79 Å². The summed E-state index contributed by atoms with van der Waals surface area (Å²) in [5.41, 5.74) is 4.34. The van der Waals surface area contributed by atoms with Gasteiger partial charge in [-0.1, -0.05) is 37.1 Å². The zero-order valence-electron chi connectivity index (χ0n) is 10.8. The van der Waals surface area contributed by atoms with Crippen molar-refractivity contribution in [3.8, 4) is 0 Å². The Morgan fingerprint density at radius 1 is 1.35 bits per heavy atom. The fourth-order valence-electron chi connectivity index (χ4n) is 1.97. The second kappa shape index (κ2) is 6.24. The molecular weight excluding hydrogens is 212 g/mol. The van der Waals surface area contributed by atoms with Gasteiger partial charge < -0.3 is 5.11 Å². The van der Waals surface area contributed by atoms with Gasteiger partial charge in [0.25, 0.3) is 0 Å². The Bertz CT molecular complexity index is 431. The summed E-state index contributed by atoms with van der Waals surface area (Å²) in [7, 11) is 0. The lowest BCUT2D eigenvalue weighted by Crippen LogP contribution is -1.96. The summed E-state index contributed by atoms with van der Waals surface area (Å²) in [6.45, 7) is 6.19. The molecule has 0 spiro atoms. The molecule has 0 saturated heterocycles. The predicted octanol–water partition coefficient (Wildman–Crippen LogP) is 3.96. The lowest BCUT2D eigenvalue weighted by Gasteiger charge is -2.10. The average molecular weight is 232 g/mol. The third-order valence-corrected chi connectivity index (χ3v) is 2.83. The lowest BCUT2D eigenvalue weighted by molar-refractivity contribution is -0.131. The van der Waals surface area contributed by atoms with Crippen molar-refractivity contribution < 1.29 is 9.90 Å². The van der Waals surface area contributed by atoms with Gasteiger partial charge in [-0.2, -0.15) is 0 Å². The molecule has 1 aromatic rings. The molecule has 0 radical (unpaired) electrons. The van der Waals surface area contributed by atoms with E-state index in [0.717, 1.165) is 36.0 Å². The quantitative estimate of drug-likeness (QED) is 0.780. The molecule has 2 heteroatoms. The van der Waals surface area contributed by atoms with E-state index in [0.29, 0.717) is 0 Å². The van der Waals surface area contributed by atoms with Crippen LogP contribution in [0.4, 0.5) is 0 Å². The van der Waals surface area contributed by atoms with Gasteiger partial charge in [0.1, 0.15) is 0 Å². The SMILES string of the molecule is CCCC/C(=C\C(=O)O)c1ccc(C)cc1C. The summed E-state index contributed by atoms with van der Waals surface area (Å²) in [4.78, 5) is 10.8. The van der Waals surface area contributed by atoms with E-state index in [1.54, 1.807) is 0 Å². The predicted molar refractivity (Wildman–Crippen MR) is 71.1 cm³/mol. The molecule has 0 aliphatic carbocycles. The maximum absolute atomic E-state index is 10.8. The highest BCUT2D eigenvalue weighted by molar-refractivity contribution is 5.90. The van der Waals surface area contributed by atoms with Gasteiger partial charge >= 0.3 is 5.97 Å². The monoisotopic (exact) mass is 232 g/mol. The molecule has 0 aromatic heterocycles. The van der Waals surface area contributed by atoms with Crippen molar-refractivity contribution in [3.05, 3.63) is 41.0 Å². The number of hydrogen-bond donors (Lipinski definition) is 1. The Morgan fingerprint density at radius 3 is 2.59 bits per heavy atom. The summed E-state index contributed by atoms with van der Waals surface area (Å²) in [6, 6.07) is 6.15. The fourth-order valence-corrected chi connectivity index (χ4v) is 1.97. The van der Waals surface area contributed by atoms with Crippen LogP contribution in [0.25, 0.3) is 5.57 Å². The molecule has 0 heterocycles. The van der Waals surface area contributed by atoms with Gasteiger partial charge in [-0.05, 0) is 43.4 Å². The second-order valence-electron chi connectivity index (χ2n) is 4.43. The molecule has 0 bridgehead atoms. The van der Waals surface area contributed by atoms with E-state index in [-0.39, 0.29) is 0 Å². The van der Waals surface area contributed by atoms with Crippen molar-refractivity contribution in [2.45, 2.75) is 40.0 Å². The molecule has 0 saturated carbocycles. The van der Waals surface area contributed by atoms with Crippen molar-refractivity contribution in [2.75, 3.05) is 0 Å². The first-order valence-electron chi connectivity index (χ1n) is 6.05. The number of benzene rings is 1. The summed E-state index contributed by atoms with van der Waals surface area (Å²) in [6.07, 6.45) is 4.26. The lowest BCUT2D eigenvalue weighted by atomic mass is 9.95. The second-order valence-corrected chi connectivity index (χ2v) is 4.43. The fraction of sp³-hybridized carbons (Fsp3) is 0.400. The van der Waals surface area contributed by atoms with Gasteiger partial charge in [0, 0.05) is 6.08 Å². The molecule has 0 aliphatic rings. The van der Waals surface area contributed by atoms with Crippen molar-refractivity contribution in [1.29, 1.82) is 0 Å². The highest BCUT2D eigenvalue weighted by Gasteiger charge is 2.07. The highest BCUT2D eigenvalue weighted by atomic mass is 16.4. The van der Waals surface area contributed by atoms with Crippen LogP contribution in [-0.4, -0.2) is 11.1 Å². The van der Waals surface area contributed by atoms with Gasteiger partial charge in [-0.3, -0.25) is 0 Å². The number of unbranched alkanes of at least 4 members (excludes halogenated alkanes) is 1. The number of carboxylic acid groups (broad SMARTS) is 1. The minimum absolute atomic E-state index is 0.826. The topological polar surface area (TPSA) is 37.3 Å². The van der Waals surface area contributed by atoms with Gasteiger partial charge in [0.05, 0.1) is 0 Å². The van der Waals surface area contributed by atoms with E-state index >= 15 is 0 Å². The summed E-state index contributed by atoms with van der Waals surface area (Å²) in [5, 5.41) is 8.91. The first-order chi connectivity index (χ1) is 8.04. The van der Waals surface area contributed by atoms with Gasteiger partial charge in [0.15, 0.2) is 0 Å². The van der Waals surface area contributed by atoms with Crippen LogP contribution in [0.3, 0.4) is 0 Å². The summed E-state index contributed by atoms with van der Waals surface area (Å²) < 4.78 is 0. The summed E-state index contributed by atoms with van der Waals surface area (Å²) in [5.74, 6) is -0.865. The molecule has 92 valence electrons. The first kappa shape index (κ1) is 13.5. The Balaban J connectivity index is 3.08. The number of aliphatic carboxylic acids is 1. The van der Waals surface area contributed by atoms with Crippen LogP contribution >= 0.6 is 0 Å². The number of aryl methyl sites for hydroxylation is 2. The molecule has 1 aromatic carbocycles. The number of carboxylic acids is 1. The minimum atomic E-state index is -0.865. The Kier molecular flexibility index (Phi) is 4.95. The number of carbonyl (C=O) groups is 1. The number of allylic oxidation sites excluding steroid dienone is 1. The molecule has 17 heavy (non-hydrogen) atoms. The third-order valence-electron chi connectivity index (χ3n) is 2.83. The molecule has 1 rings (SSSR count). The Hall–Kier alpha value is -1.57. The number of hydrogen-bond acceptors (Lipinski definition) is 1. The zero-order valence-corrected chi connectivity index (χ0v) is 10.8. The average Bonchev–Trinajstić information content (AvgIpc) is 2.24. The molecular formula is C15H20O2. The van der Waals surface area contributed by atoms with Gasteiger partial charge in [0.2, 0.25) is 0 Å². The first-order valence-corrected chi connectivity index (χ1v) is 6.05. The maximum atomic E-state index is 10.8. The number of rotatable bonds is 5. The van der Waals surface area contributed by atoms with E-state index in [9.17, 15) is 4.79 Å². The van der Waals surface area contributed by atoms with Crippen LogP contribution in [0.15, 0.2) is 24.3 Å². The van der Waals surface area contributed by atoms with Crippen LogP contribution in [-0.2, 0) is 4.79 Å². The summed E-state index contributed by atoms with van der Waals surface area (Å²) >= 11 is 0.